The van der Waals surface area contributed by atoms with Gasteiger partial charge in [0.05, 0.1) is 0 Å². The van der Waals surface area contributed by atoms with E-state index >= 15 is 0 Å². The normalized spacial score (nSPS) is 14.8. The second-order valence-corrected chi connectivity index (χ2v) is 4.26. The van der Waals surface area contributed by atoms with Crippen molar-refractivity contribution in [2.45, 2.75) is 32.2 Å². The largest absolute Gasteiger partial charge is 0.396 e. The van der Waals surface area contributed by atoms with E-state index in [1.165, 1.54) is 4.63 Å². The molecule has 0 aromatic carbocycles. The predicted molar refractivity (Wildman–Crippen MR) is 62.6 cm³/mol. The standard InChI is InChI=1S/C10H16N6O/c1-3-10(2,6-7-17)11-8-4-5-9-12-14-15-16(9)13-8/h4-5,17H,3,6-7H2,1-2H3,(H,11,13). The maximum absolute atomic E-state index is 9.05. The van der Waals surface area contributed by atoms with Crippen LogP contribution in [0.1, 0.15) is 26.7 Å². The summed E-state index contributed by atoms with van der Waals surface area (Å²) in [5.74, 6) is 0.697. The van der Waals surface area contributed by atoms with Crippen molar-refractivity contribution in [2.24, 2.45) is 0 Å². The molecule has 7 heteroatoms. The smallest absolute Gasteiger partial charge is 0.200 e. The molecule has 0 amide bonds. The van der Waals surface area contributed by atoms with Gasteiger partial charge in [0.25, 0.3) is 0 Å². The van der Waals surface area contributed by atoms with Crippen LogP contribution in [0.25, 0.3) is 5.65 Å². The molecule has 2 N–H and O–H groups in total. The van der Waals surface area contributed by atoms with Gasteiger partial charge in [0.2, 0.25) is 0 Å². The molecule has 0 fully saturated rings. The van der Waals surface area contributed by atoms with Crippen LogP contribution in [-0.4, -0.2) is 42.5 Å². The first kappa shape index (κ1) is 11.7. The van der Waals surface area contributed by atoms with Gasteiger partial charge in [-0.15, -0.1) is 14.8 Å². The van der Waals surface area contributed by atoms with Gasteiger partial charge >= 0.3 is 0 Å². The molecule has 1 unspecified atom stereocenters. The van der Waals surface area contributed by atoms with E-state index in [4.69, 9.17) is 5.11 Å². The first-order valence-corrected chi connectivity index (χ1v) is 5.61. The number of aliphatic hydroxyl groups excluding tert-OH is 1. The van der Waals surface area contributed by atoms with E-state index in [1.807, 2.05) is 6.07 Å². The number of fused-ring (bicyclic) bond motifs is 1. The molecule has 2 heterocycles. The van der Waals surface area contributed by atoms with E-state index in [0.29, 0.717) is 17.9 Å². The maximum Gasteiger partial charge on any atom is 0.200 e. The number of anilines is 1. The van der Waals surface area contributed by atoms with Crippen molar-refractivity contribution < 1.29 is 5.11 Å². The lowest BCUT2D eigenvalue weighted by atomic mass is 9.95. The van der Waals surface area contributed by atoms with Gasteiger partial charge in [0.1, 0.15) is 5.82 Å². The highest BCUT2D eigenvalue weighted by atomic mass is 16.3. The fraction of sp³-hybridized carbons (Fsp3) is 0.600. The van der Waals surface area contributed by atoms with E-state index in [-0.39, 0.29) is 12.1 Å². The lowest BCUT2D eigenvalue weighted by Crippen LogP contribution is -2.35. The molecule has 17 heavy (non-hydrogen) atoms. The van der Waals surface area contributed by atoms with Crippen LogP contribution in [0.2, 0.25) is 0 Å². The van der Waals surface area contributed by atoms with Crippen molar-refractivity contribution >= 4 is 11.5 Å². The van der Waals surface area contributed by atoms with Gasteiger partial charge in [-0.3, -0.25) is 0 Å². The molecule has 0 aliphatic carbocycles. The van der Waals surface area contributed by atoms with Crippen LogP contribution < -0.4 is 5.32 Å². The minimum atomic E-state index is -0.177. The third-order valence-corrected chi connectivity index (χ3v) is 2.94. The van der Waals surface area contributed by atoms with Gasteiger partial charge in [-0.05, 0) is 42.3 Å². The Morgan fingerprint density at radius 2 is 2.29 bits per heavy atom. The van der Waals surface area contributed by atoms with Crippen molar-refractivity contribution in [1.29, 1.82) is 0 Å². The molecule has 2 aromatic heterocycles. The van der Waals surface area contributed by atoms with Crippen molar-refractivity contribution in [3.05, 3.63) is 12.1 Å². The Bertz CT molecular complexity index is 498. The highest BCUT2D eigenvalue weighted by molar-refractivity contribution is 5.43. The molecule has 0 spiro atoms. The second kappa shape index (κ2) is 4.62. The van der Waals surface area contributed by atoms with Crippen molar-refractivity contribution in [3.8, 4) is 0 Å². The Morgan fingerprint density at radius 3 is 3.00 bits per heavy atom. The topological polar surface area (TPSA) is 88.2 Å². The van der Waals surface area contributed by atoms with Crippen molar-refractivity contribution in [3.63, 3.8) is 0 Å². The number of aliphatic hydroxyl groups is 1. The molecule has 0 aliphatic heterocycles. The Kier molecular flexibility index (Phi) is 3.19. The molecule has 1 atom stereocenters. The number of nitrogens with zero attached hydrogens (tertiary/aromatic N) is 5. The molecule has 7 nitrogen and oxygen atoms in total. The minimum Gasteiger partial charge on any atom is -0.396 e. The quantitative estimate of drug-likeness (QED) is 0.785. The van der Waals surface area contributed by atoms with Crippen LogP contribution in [0.15, 0.2) is 12.1 Å². The zero-order chi connectivity index (χ0) is 12.3. The van der Waals surface area contributed by atoms with E-state index in [0.717, 1.165) is 6.42 Å². The van der Waals surface area contributed by atoms with Gasteiger partial charge in [-0.1, -0.05) is 6.92 Å². The molecular formula is C10H16N6O. The predicted octanol–water partition coefficient (Wildman–Crippen LogP) is 0.482. The lowest BCUT2D eigenvalue weighted by Gasteiger charge is -2.29. The number of hydrogen-bond acceptors (Lipinski definition) is 6. The monoisotopic (exact) mass is 236 g/mol. The second-order valence-electron chi connectivity index (χ2n) is 4.26. The summed E-state index contributed by atoms with van der Waals surface area (Å²) >= 11 is 0. The average molecular weight is 236 g/mol. The Hall–Kier alpha value is -1.76. The highest BCUT2D eigenvalue weighted by Gasteiger charge is 2.21. The number of rotatable bonds is 5. The van der Waals surface area contributed by atoms with Gasteiger partial charge < -0.3 is 10.4 Å². The summed E-state index contributed by atoms with van der Waals surface area (Å²) in [6.45, 7) is 4.26. The summed E-state index contributed by atoms with van der Waals surface area (Å²) < 4.78 is 1.37. The van der Waals surface area contributed by atoms with E-state index < -0.39 is 0 Å². The third kappa shape index (κ3) is 2.50. The molecule has 0 bridgehead atoms. The number of aromatic nitrogens is 5. The van der Waals surface area contributed by atoms with Gasteiger partial charge in [0.15, 0.2) is 5.65 Å². The summed E-state index contributed by atoms with van der Waals surface area (Å²) in [6.07, 6.45) is 1.56. The van der Waals surface area contributed by atoms with Gasteiger partial charge in [-0.25, -0.2) is 0 Å². The third-order valence-electron chi connectivity index (χ3n) is 2.94. The van der Waals surface area contributed by atoms with Crippen LogP contribution in [0.4, 0.5) is 5.82 Å². The van der Waals surface area contributed by atoms with E-state index in [2.05, 4.69) is 39.8 Å². The highest BCUT2D eigenvalue weighted by Crippen LogP contribution is 2.20. The fourth-order valence-corrected chi connectivity index (χ4v) is 1.60. The van der Waals surface area contributed by atoms with Crippen LogP contribution in [0.5, 0.6) is 0 Å². The summed E-state index contributed by atoms with van der Waals surface area (Å²) in [4.78, 5) is 0. The maximum atomic E-state index is 9.05. The zero-order valence-electron chi connectivity index (χ0n) is 9.96. The Labute approximate surface area is 98.8 Å². The molecule has 0 radical (unpaired) electrons. The first-order chi connectivity index (χ1) is 8.17. The number of nitrogens with one attached hydrogen (secondary N) is 1. The Balaban J connectivity index is 2.21. The average Bonchev–Trinajstić information content (AvgIpc) is 2.76. The zero-order valence-corrected chi connectivity index (χ0v) is 9.96. The molecule has 92 valence electrons. The summed E-state index contributed by atoms with van der Waals surface area (Å²) in [6, 6.07) is 3.63. The van der Waals surface area contributed by atoms with Crippen LogP contribution >= 0.6 is 0 Å². The molecule has 0 saturated carbocycles. The lowest BCUT2D eigenvalue weighted by molar-refractivity contribution is 0.251. The number of hydrogen-bond donors (Lipinski definition) is 2. The van der Waals surface area contributed by atoms with Crippen molar-refractivity contribution in [1.82, 2.24) is 25.3 Å². The van der Waals surface area contributed by atoms with Crippen LogP contribution in [0, 0.1) is 0 Å². The minimum absolute atomic E-state index is 0.143. The van der Waals surface area contributed by atoms with Crippen LogP contribution in [-0.2, 0) is 0 Å². The summed E-state index contributed by atoms with van der Waals surface area (Å²) in [7, 11) is 0. The van der Waals surface area contributed by atoms with E-state index in [9.17, 15) is 0 Å². The van der Waals surface area contributed by atoms with Gasteiger partial charge in [-0.2, -0.15) is 0 Å². The molecule has 0 saturated heterocycles. The fourth-order valence-electron chi connectivity index (χ4n) is 1.60. The first-order valence-electron chi connectivity index (χ1n) is 5.61. The molecule has 2 aromatic rings. The van der Waals surface area contributed by atoms with Crippen LogP contribution in [0.3, 0.4) is 0 Å². The molecule has 2 rings (SSSR count). The van der Waals surface area contributed by atoms with Gasteiger partial charge in [0, 0.05) is 12.1 Å². The molecule has 0 aliphatic rings. The summed E-state index contributed by atoms with van der Waals surface area (Å²) in [5.41, 5.74) is 0.430. The number of tetrazole rings is 1. The van der Waals surface area contributed by atoms with E-state index in [1.54, 1.807) is 6.07 Å². The summed E-state index contributed by atoms with van der Waals surface area (Å²) in [5, 5.41) is 27.6. The van der Waals surface area contributed by atoms with Crippen molar-refractivity contribution in [2.75, 3.05) is 11.9 Å². The Morgan fingerprint density at radius 1 is 1.47 bits per heavy atom. The molecular weight excluding hydrogens is 220 g/mol. The SMILES string of the molecule is CCC(C)(CCO)Nc1ccc2nnnn2n1.